The average molecular weight is 265 g/mol. The molecule has 0 aromatic carbocycles. The van der Waals surface area contributed by atoms with Crippen molar-refractivity contribution in [3.63, 3.8) is 0 Å². The van der Waals surface area contributed by atoms with Gasteiger partial charge in [0.15, 0.2) is 0 Å². The Morgan fingerprint density at radius 3 is 2.63 bits per heavy atom. The molecule has 0 aliphatic heterocycles. The molecular formula is C13H19N3O3. The summed E-state index contributed by atoms with van der Waals surface area (Å²) in [7, 11) is 0. The summed E-state index contributed by atoms with van der Waals surface area (Å²) >= 11 is 0. The molecule has 0 unspecified atom stereocenters. The molecule has 6 heteroatoms. The monoisotopic (exact) mass is 265 g/mol. The molecule has 6 nitrogen and oxygen atoms in total. The number of hydrogen-bond acceptors (Lipinski definition) is 4. The summed E-state index contributed by atoms with van der Waals surface area (Å²) in [4.78, 5) is 28.2. The molecule has 0 spiro atoms. The van der Waals surface area contributed by atoms with E-state index in [0.29, 0.717) is 31.7 Å². The fourth-order valence-electron chi connectivity index (χ4n) is 1.76. The van der Waals surface area contributed by atoms with Crippen LogP contribution in [0.2, 0.25) is 0 Å². The first-order valence-corrected chi connectivity index (χ1v) is 6.29. The Morgan fingerprint density at radius 2 is 2.05 bits per heavy atom. The number of anilines is 1. The fourth-order valence-corrected chi connectivity index (χ4v) is 1.76. The first-order valence-electron chi connectivity index (χ1n) is 6.29. The molecule has 0 aliphatic rings. The van der Waals surface area contributed by atoms with Gasteiger partial charge < -0.3 is 15.3 Å². The van der Waals surface area contributed by atoms with Crippen molar-refractivity contribution in [2.45, 2.75) is 20.3 Å². The van der Waals surface area contributed by atoms with Gasteiger partial charge in [-0.15, -0.1) is 0 Å². The second kappa shape index (κ2) is 7.35. The second-order valence-electron chi connectivity index (χ2n) is 3.97. The Morgan fingerprint density at radius 1 is 1.37 bits per heavy atom. The van der Waals surface area contributed by atoms with Gasteiger partial charge in [-0.2, -0.15) is 0 Å². The van der Waals surface area contributed by atoms with Crippen LogP contribution in [0.5, 0.6) is 0 Å². The number of nitrogens with one attached hydrogen (secondary N) is 1. The third kappa shape index (κ3) is 4.24. The quantitative estimate of drug-likeness (QED) is 0.779. The summed E-state index contributed by atoms with van der Waals surface area (Å²) in [5.41, 5.74) is 0.590. The number of nitrogens with zero attached hydrogens (tertiary/aromatic N) is 2. The fraction of sp³-hybridized carbons (Fsp3) is 0.462. The lowest BCUT2D eigenvalue weighted by atomic mass is 10.2. The lowest BCUT2D eigenvalue weighted by Gasteiger charge is -2.18. The highest BCUT2D eigenvalue weighted by Gasteiger charge is 2.11. The van der Waals surface area contributed by atoms with Gasteiger partial charge in [-0.25, -0.2) is 4.79 Å². The summed E-state index contributed by atoms with van der Waals surface area (Å²) in [5.74, 6) is -0.978. The van der Waals surface area contributed by atoms with Crippen LogP contribution in [0, 0.1) is 0 Å². The van der Waals surface area contributed by atoms with Crippen LogP contribution in [-0.2, 0) is 4.79 Å². The van der Waals surface area contributed by atoms with Crippen LogP contribution in [-0.4, -0.2) is 46.5 Å². The maximum atomic E-state index is 11.8. The molecule has 1 heterocycles. The molecule has 0 radical (unpaired) electrons. The Bertz CT molecular complexity index is 445. The minimum atomic E-state index is -1.04. The van der Waals surface area contributed by atoms with E-state index in [4.69, 9.17) is 5.11 Å². The molecule has 0 saturated carbocycles. The molecule has 0 aliphatic carbocycles. The molecule has 2 N–H and O–H groups in total. The van der Waals surface area contributed by atoms with E-state index < -0.39 is 5.97 Å². The van der Waals surface area contributed by atoms with Gasteiger partial charge in [0.25, 0.3) is 0 Å². The molecule has 104 valence electrons. The highest BCUT2D eigenvalue weighted by Crippen LogP contribution is 2.13. The second-order valence-corrected chi connectivity index (χ2v) is 3.97. The number of carboxylic acids is 1. The third-order valence-corrected chi connectivity index (χ3v) is 2.82. The zero-order chi connectivity index (χ0) is 14.3. The summed E-state index contributed by atoms with van der Waals surface area (Å²) in [6.07, 6.45) is 3.14. The van der Waals surface area contributed by atoms with Gasteiger partial charge in [0, 0.05) is 38.4 Å². The standard InChI is InChI=1S/C13H19N3O3/c1-3-16(4-2)12(17)6-8-15-11-5-7-14-9-10(11)13(18)19/h5,7,9H,3-4,6,8H2,1-2H3,(H,14,15)(H,18,19). The average Bonchev–Trinajstić information content (AvgIpc) is 2.40. The van der Waals surface area contributed by atoms with E-state index in [2.05, 4.69) is 10.3 Å². The molecule has 1 aromatic rings. The van der Waals surface area contributed by atoms with Crippen molar-refractivity contribution in [1.29, 1.82) is 0 Å². The number of hydrogen-bond donors (Lipinski definition) is 2. The summed E-state index contributed by atoms with van der Waals surface area (Å²) < 4.78 is 0. The number of amides is 1. The first-order chi connectivity index (χ1) is 9.10. The SMILES string of the molecule is CCN(CC)C(=O)CCNc1ccncc1C(=O)O. The van der Waals surface area contributed by atoms with Gasteiger partial charge in [0.2, 0.25) is 5.91 Å². The van der Waals surface area contributed by atoms with E-state index in [0.717, 1.165) is 0 Å². The van der Waals surface area contributed by atoms with Crippen molar-refractivity contribution >= 4 is 17.6 Å². The van der Waals surface area contributed by atoms with Crippen LogP contribution in [0.3, 0.4) is 0 Å². The van der Waals surface area contributed by atoms with Crippen LogP contribution >= 0.6 is 0 Å². The van der Waals surface area contributed by atoms with Crippen LogP contribution in [0.4, 0.5) is 5.69 Å². The number of carbonyl (C=O) groups excluding carboxylic acids is 1. The Balaban J connectivity index is 2.54. The molecule has 0 saturated heterocycles. The highest BCUT2D eigenvalue weighted by atomic mass is 16.4. The number of aromatic carboxylic acids is 1. The normalized spacial score (nSPS) is 10.0. The first kappa shape index (κ1) is 14.9. The van der Waals surface area contributed by atoms with E-state index >= 15 is 0 Å². The van der Waals surface area contributed by atoms with Crippen LogP contribution < -0.4 is 5.32 Å². The van der Waals surface area contributed by atoms with Crippen molar-refractivity contribution < 1.29 is 14.7 Å². The summed E-state index contributed by atoms with van der Waals surface area (Å²) in [6, 6.07) is 1.59. The molecule has 0 fully saturated rings. The summed E-state index contributed by atoms with van der Waals surface area (Å²) in [6.45, 7) is 5.63. The maximum Gasteiger partial charge on any atom is 0.339 e. The number of rotatable bonds is 7. The molecule has 1 amide bonds. The van der Waals surface area contributed by atoms with Crippen molar-refractivity contribution in [2.24, 2.45) is 0 Å². The Hall–Kier alpha value is -2.11. The van der Waals surface area contributed by atoms with E-state index in [9.17, 15) is 9.59 Å². The van der Waals surface area contributed by atoms with Crippen molar-refractivity contribution in [3.8, 4) is 0 Å². The third-order valence-electron chi connectivity index (χ3n) is 2.82. The number of carboxylic acid groups (broad SMARTS) is 1. The lowest BCUT2D eigenvalue weighted by Crippen LogP contribution is -2.31. The lowest BCUT2D eigenvalue weighted by molar-refractivity contribution is -0.130. The number of carbonyl (C=O) groups is 2. The maximum absolute atomic E-state index is 11.8. The molecule has 1 rings (SSSR count). The van der Waals surface area contributed by atoms with Gasteiger partial charge >= 0.3 is 5.97 Å². The van der Waals surface area contributed by atoms with Gasteiger partial charge in [0.1, 0.15) is 5.56 Å². The minimum Gasteiger partial charge on any atom is -0.478 e. The van der Waals surface area contributed by atoms with E-state index in [1.165, 1.54) is 12.4 Å². The van der Waals surface area contributed by atoms with Crippen LogP contribution in [0.25, 0.3) is 0 Å². The predicted octanol–water partition coefficient (Wildman–Crippen LogP) is 1.45. The Labute approximate surface area is 112 Å². The number of aromatic nitrogens is 1. The van der Waals surface area contributed by atoms with E-state index in [1.807, 2.05) is 13.8 Å². The van der Waals surface area contributed by atoms with Crippen molar-refractivity contribution in [1.82, 2.24) is 9.88 Å². The van der Waals surface area contributed by atoms with Gasteiger partial charge in [-0.1, -0.05) is 0 Å². The minimum absolute atomic E-state index is 0.0587. The van der Waals surface area contributed by atoms with Gasteiger partial charge in [-0.3, -0.25) is 9.78 Å². The van der Waals surface area contributed by atoms with Crippen molar-refractivity contribution in [3.05, 3.63) is 24.0 Å². The largest absolute Gasteiger partial charge is 0.478 e. The smallest absolute Gasteiger partial charge is 0.339 e. The number of pyridine rings is 1. The molecule has 0 atom stereocenters. The molecular weight excluding hydrogens is 246 g/mol. The van der Waals surface area contributed by atoms with Gasteiger partial charge in [0.05, 0.1) is 5.69 Å². The highest BCUT2D eigenvalue weighted by molar-refractivity contribution is 5.93. The van der Waals surface area contributed by atoms with Crippen molar-refractivity contribution in [2.75, 3.05) is 25.0 Å². The van der Waals surface area contributed by atoms with Crippen LogP contribution in [0.1, 0.15) is 30.6 Å². The molecule has 0 bridgehead atoms. The zero-order valence-corrected chi connectivity index (χ0v) is 11.2. The molecule has 19 heavy (non-hydrogen) atoms. The zero-order valence-electron chi connectivity index (χ0n) is 11.2. The predicted molar refractivity (Wildman–Crippen MR) is 72.2 cm³/mol. The van der Waals surface area contributed by atoms with Crippen LogP contribution in [0.15, 0.2) is 18.5 Å². The van der Waals surface area contributed by atoms with E-state index in [1.54, 1.807) is 11.0 Å². The topological polar surface area (TPSA) is 82.5 Å². The Kier molecular flexibility index (Phi) is 5.78. The molecule has 1 aromatic heterocycles. The summed E-state index contributed by atoms with van der Waals surface area (Å²) in [5, 5.41) is 11.9. The van der Waals surface area contributed by atoms with Gasteiger partial charge in [-0.05, 0) is 19.9 Å². The van der Waals surface area contributed by atoms with E-state index in [-0.39, 0.29) is 11.5 Å².